The molecule has 0 aromatic rings. The zero-order chi connectivity index (χ0) is 11.5. The fraction of sp³-hybridized carbons (Fsp3) is 1.00. The zero-order valence-corrected chi connectivity index (χ0v) is 11.9. The quantitative estimate of drug-likeness (QED) is 0.766. The second-order valence-electron chi connectivity index (χ2n) is 5.78. The summed E-state index contributed by atoms with van der Waals surface area (Å²) in [4.78, 5) is 0. The largest absolute Gasteiger partial charge is 0.390 e. The van der Waals surface area contributed by atoms with Gasteiger partial charge in [-0.2, -0.15) is 0 Å². The van der Waals surface area contributed by atoms with Crippen LogP contribution in [0.3, 0.4) is 0 Å². The van der Waals surface area contributed by atoms with Gasteiger partial charge in [0.25, 0.3) is 0 Å². The predicted octanol–water partition coefficient (Wildman–Crippen LogP) is 4.13. The predicted molar refractivity (Wildman–Crippen MR) is 69.4 cm³/mol. The Kier molecular flexibility index (Phi) is 4.66. The second kappa shape index (κ2) is 5.18. The maximum atomic E-state index is 10.3. The lowest BCUT2D eigenvalue weighted by atomic mass is 9.66. The molecule has 1 aliphatic carbocycles. The summed E-state index contributed by atoms with van der Waals surface area (Å²) in [5.41, 5.74) is 0.0829. The summed E-state index contributed by atoms with van der Waals surface area (Å²) in [5, 5.41) is 11.2. The number of alkyl halides is 1. The van der Waals surface area contributed by atoms with Gasteiger partial charge in [0.15, 0.2) is 0 Å². The van der Waals surface area contributed by atoms with Crippen molar-refractivity contribution in [1.29, 1.82) is 0 Å². The van der Waals surface area contributed by atoms with Crippen LogP contribution in [0.1, 0.15) is 59.3 Å². The lowest BCUT2D eigenvalue weighted by Gasteiger charge is -2.42. The molecule has 1 aliphatic rings. The lowest BCUT2D eigenvalue weighted by molar-refractivity contribution is -0.0295. The molecule has 0 heterocycles. The third kappa shape index (κ3) is 3.45. The Morgan fingerprint density at radius 3 is 2.27 bits per heavy atom. The van der Waals surface area contributed by atoms with Crippen molar-refractivity contribution in [2.24, 2.45) is 11.3 Å². The van der Waals surface area contributed by atoms with Crippen LogP contribution in [-0.4, -0.2) is 16.0 Å². The molecule has 1 N–H and O–H groups in total. The van der Waals surface area contributed by atoms with Crippen LogP contribution in [0.25, 0.3) is 0 Å². The third-order valence-electron chi connectivity index (χ3n) is 4.49. The van der Waals surface area contributed by atoms with Gasteiger partial charge in [-0.05, 0) is 43.4 Å². The highest BCUT2D eigenvalue weighted by atomic mass is 79.9. The molecule has 90 valence electrons. The number of halogens is 1. The molecule has 0 atom stereocenters. The lowest BCUT2D eigenvalue weighted by Crippen LogP contribution is -2.38. The Morgan fingerprint density at radius 2 is 1.87 bits per heavy atom. The first-order valence-electron chi connectivity index (χ1n) is 6.22. The van der Waals surface area contributed by atoms with Crippen molar-refractivity contribution in [3.8, 4) is 0 Å². The van der Waals surface area contributed by atoms with Crippen LogP contribution in [0.5, 0.6) is 0 Å². The van der Waals surface area contributed by atoms with Crippen molar-refractivity contribution >= 4 is 15.9 Å². The van der Waals surface area contributed by atoms with Crippen molar-refractivity contribution in [2.45, 2.75) is 64.9 Å². The Hall–Kier alpha value is 0.440. The standard InChI is InChI=1S/C13H25BrO/c1-4-12(2,3)11-5-7-13(15,8-6-11)9-10-14/h11,15H,4-10H2,1-3H3. The molecule has 1 rings (SSSR count). The van der Waals surface area contributed by atoms with Crippen molar-refractivity contribution in [3.63, 3.8) is 0 Å². The van der Waals surface area contributed by atoms with Crippen LogP contribution in [0.4, 0.5) is 0 Å². The Balaban J connectivity index is 2.48. The average Bonchev–Trinajstić information content (AvgIpc) is 2.18. The molecule has 0 radical (unpaired) electrons. The number of rotatable bonds is 4. The van der Waals surface area contributed by atoms with Crippen LogP contribution >= 0.6 is 15.9 Å². The fourth-order valence-electron chi connectivity index (χ4n) is 2.65. The molecule has 0 aliphatic heterocycles. The summed E-state index contributed by atoms with van der Waals surface area (Å²) in [5.74, 6) is 0.804. The van der Waals surface area contributed by atoms with Gasteiger partial charge in [0, 0.05) is 5.33 Å². The van der Waals surface area contributed by atoms with Crippen molar-refractivity contribution in [1.82, 2.24) is 0 Å². The molecule has 15 heavy (non-hydrogen) atoms. The maximum Gasteiger partial charge on any atom is 0.0656 e. The molecule has 0 saturated heterocycles. The molecule has 1 nitrogen and oxygen atoms in total. The van der Waals surface area contributed by atoms with Gasteiger partial charge < -0.3 is 5.11 Å². The van der Waals surface area contributed by atoms with E-state index in [9.17, 15) is 5.11 Å². The molecule has 1 saturated carbocycles. The maximum absolute atomic E-state index is 10.3. The van der Waals surface area contributed by atoms with E-state index >= 15 is 0 Å². The van der Waals surface area contributed by atoms with Crippen LogP contribution < -0.4 is 0 Å². The normalized spacial score (nSPS) is 33.0. The first-order valence-corrected chi connectivity index (χ1v) is 7.34. The molecule has 0 aromatic heterocycles. The minimum Gasteiger partial charge on any atom is -0.390 e. The number of aliphatic hydroxyl groups is 1. The molecule has 2 heteroatoms. The Morgan fingerprint density at radius 1 is 1.33 bits per heavy atom. The van der Waals surface area contributed by atoms with E-state index in [0.29, 0.717) is 5.41 Å². The highest BCUT2D eigenvalue weighted by molar-refractivity contribution is 9.09. The summed E-state index contributed by atoms with van der Waals surface area (Å²) in [6.45, 7) is 7.01. The number of hydrogen-bond acceptors (Lipinski definition) is 1. The zero-order valence-electron chi connectivity index (χ0n) is 10.4. The van der Waals surface area contributed by atoms with Gasteiger partial charge in [-0.3, -0.25) is 0 Å². The van der Waals surface area contributed by atoms with Crippen molar-refractivity contribution < 1.29 is 5.11 Å². The van der Waals surface area contributed by atoms with Gasteiger partial charge in [0.05, 0.1) is 5.60 Å². The first-order chi connectivity index (χ1) is 6.93. The number of hydrogen-bond donors (Lipinski definition) is 1. The summed E-state index contributed by atoms with van der Waals surface area (Å²) in [6, 6.07) is 0. The molecule has 0 amide bonds. The minimum absolute atomic E-state index is 0.371. The smallest absolute Gasteiger partial charge is 0.0656 e. The topological polar surface area (TPSA) is 20.2 Å². The molecule has 1 fully saturated rings. The Bertz CT molecular complexity index is 193. The molecule has 0 spiro atoms. The van der Waals surface area contributed by atoms with Gasteiger partial charge in [0.1, 0.15) is 0 Å². The Labute approximate surface area is 103 Å². The van der Waals surface area contributed by atoms with Gasteiger partial charge in [-0.25, -0.2) is 0 Å². The van der Waals surface area contributed by atoms with E-state index in [2.05, 4.69) is 36.7 Å². The second-order valence-corrected chi connectivity index (χ2v) is 6.57. The third-order valence-corrected chi connectivity index (χ3v) is 4.89. The molecule has 0 aromatic carbocycles. The summed E-state index contributed by atoms with van der Waals surface area (Å²) in [7, 11) is 0. The van der Waals surface area contributed by atoms with E-state index in [1.807, 2.05) is 0 Å². The van der Waals surface area contributed by atoms with Gasteiger partial charge in [0.2, 0.25) is 0 Å². The van der Waals surface area contributed by atoms with Crippen LogP contribution in [0.15, 0.2) is 0 Å². The van der Waals surface area contributed by atoms with Gasteiger partial charge >= 0.3 is 0 Å². The minimum atomic E-state index is -0.371. The van der Waals surface area contributed by atoms with E-state index in [1.54, 1.807) is 0 Å². The van der Waals surface area contributed by atoms with E-state index in [1.165, 1.54) is 19.3 Å². The summed E-state index contributed by atoms with van der Waals surface area (Å²) in [6.07, 6.45) is 6.54. The molecule has 0 unspecified atom stereocenters. The molecular weight excluding hydrogens is 252 g/mol. The average molecular weight is 277 g/mol. The van der Waals surface area contributed by atoms with E-state index in [4.69, 9.17) is 0 Å². The first kappa shape index (κ1) is 13.5. The molecular formula is C13H25BrO. The monoisotopic (exact) mass is 276 g/mol. The SMILES string of the molecule is CCC(C)(C)C1CCC(O)(CCBr)CC1. The van der Waals surface area contributed by atoms with E-state index in [0.717, 1.165) is 30.5 Å². The molecule has 0 bridgehead atoms. The van der Waals surface area contributed by atoms with Crippen LogP contribution in [0.2, 0.25) is 0 Å². The van der Waals surface area contributed by atoms with E-state index in [-0.39, 0.29) is 5.60 Å². The van der Waals surface area contributed by atoms with Crippen molar-refractivity contribution in [3.05, 3.63) is 0 Å². The van der Waals surface area contributed by atoms with Crippen molar-refractivity contribution in [2.75, 3.05) is 5.33 Å². The summed E-state index contributed by atoms with van der Waals surface area (Å²) >= 11 is 3.43. The van der Waals surface area contributed by atoms with Crippen LogP contribution in [-0.2, 0) is 0 Å². The van der Waals surface area contributed by atoms with Gasteiger partial charge in [-0.1, -0.05) is 43.1 Å². The fourth-order valence-corrected chi connectivity index (χ4v) is 3.39. The summed E-state index contributed by atoms with van der Waals surface area (Å²) < 4.78 is 0. The van der Waals surface area contributed by atoms with Gasteiger partial charge in [-0.15, -0.1) is 0 Å². The highest BCUT2D eigenvalue weighted by Crippen LogP contribution is 2.44. The highest BCUT2D eigenvalue weighted by Gasteiger charge is 2.37. The van der Waals surface area contributed by atoms with E-state index < -0.39 is 0 Å². The van der Waals surface area contributed by atoms with Crippen LogP contribution in [0, 0.1) is 11.3 Å².